The van der Waals surface area contributed by atoms with Gasteiger partial charge in [0.2, 0.25) is 10.0 Å². The Hall–Kier alpha value is -1.50. The van der Waals surface area contributed by atoms with E-state index in [9.17, 15) is 17.2 Å². The SMILES string of the molecule is O=S(=O)(Cc1ccc(Cl)cc1)NCc1cc(F)ccc1F. The Balaban J connectivity index is 2.04. The zero-order valence-electron chi connectivity index (χ0n) is 10.8. The summed E-state index contributed by atoms with van der Waals surface area (Å²) < 4.78 is 52.4. The number of benzene rings is 2. The van der Waals surface area contributed by atoms with Crippen molar-refractivity contribution < 1.29 is 17.2 Å². The van der Waals surface area contributed by atoms with Gasteiger partial charge in [-0.3, -0.25) is 0 Å². The standard InChI is InChI=1S/C14H12ClF2NO2S/c15-12-3-1-10(2-4-12)9-21(19,20)18-8-11-7-13(16)5-6-14(11)17/h1-7,18H,8-9H2. The molecular weight excluding hydrogens is 320 g/mol. The van der Waals surface area contributed by atoms with Crippen molar-refractivity contribution in [3.05, 3.63) is 70.2 Å². The minimum Gasteiger partial charge on any atom is -0.212 e. The van der Waals surface area contributed by atoms with Crippen molar-refractivity contribution >= 4 is 21.6 Å². The molecule has 0 aliphatic carbocycles. The number of rotatable bonds is 5. The minimum absolute atomic E-state index is 0.0466. The van der Waals surface area contributed by atoms with Crippen LogP contribution in [0, 0.1) is 11.6 Å². The fourth-order valence-electron chi connectivity index (χ4n) is 1.72. The first kappa shape index (κ1) is 15.9. The van der Waals surface area contributed by atoms with E-state index in [1.54, 1.807) is 24.3 Å². The summed E-state index contributed by atoms with van der Waals surface area (Å²) in [6.45, 7) is -0.306. The first-order valence-corrected chi connectivity index (χ1v) is 8.04. The van der Waals surface area contributed by atoms with Gasteiger partial charge in [0.15, 0.2) is 0 Å². The summed E-state index contributed by atoms with van der Waals surface area (Å²) in [6.07, 6.45) is 0. The molecule has 0 aliphatic rings. The number of halogens is 3. The van der Waals surface area contributed by atoms with Gasteiger partial charge in [0.25, 0.3) is 0 Å². The van der Waals surface area contributed by atoms with Crippen LogP contribution in [0.15, 0.2) is 42.5 Å². The van der Waals surface area contributed by atoms with Crippen LogP contribution in [0.2, 0.25) is 5.02 Å². The van der Waals surface area contributed by atoms with Gasteiger partial charge in [-0.15, -0.1) is 0 Å². The Kier molecular flexibility index (Phi) is 4.92. The molecule has 0 aliphatic heterocycles. The van der Waals surface area contributed by atoms with E-state index in [0.29, 0.717) is 10.6 Å². The molecule has 2 aromatic rings. The lowest BCUT2D eigenvalue weighted by atomic mass is 10.2. The van der Waals surface area contributed by atoms with Crippen LogP contribution in [-0.2, 0) is 22.3 Å². The van der Waals surface area contributed by atoms with Crippen molar-refractivity contribution in [3.8, 4) is 0 Å². The monoisotopic (exact) mass is 331 g/mol. The molecule has 0 unspecified atom stereocenters. The molecule has 2 rings (SSSR count). The fraction of sp³-hybridized carbons (Fsp3) is 0.143. The molecule has 0 bridgehead atoms. The number of hydrogen-bond donors (Lipinski definition) is 1. The van der Waals surface area contributed by atoms with Crippen molar-refractivity contribution in [1.29, 1.82) is 0 Å². The zero-order valence-corrected chi connectivity index (χ0v) is 12.4. The van der Waals surface area contributed by atoms with Gasteiger partial charge in [0.05, 0.1) is 5.75 Å². The number of hydrogen-bond acceptors (Lipinski definition) is 2. The van der Waals surface area contributed by atoms with Gasteiger partial charge in [-0.2, -0.15) is 0 Å². The Labute approximate surface area is 126 Å². The highest BCUT2D eigenvalue weighted by molar-refractivity contribution is 7.88. The van der Waals surface area contributed by atoms with Crippen molar-refractivity contribution in [1.82, 2.24) is 4.72 Å². The van der Waals surface area contributed by atoms with Gasteiger partial charge in [0.1, 0.15) is 11.6 Å². The van der Waals surface area contributed by atoms with Crippen molar-refractivity contribution in [2.24, 2.45) is 0 Å². The third-order valence-corrected chi connectivity index (χ3v) is 4.31. The van der Waals surface area contributed by atoms with Gasteiger partial charge >= 0.3 is 0 Å². The lowest BCUT2D eigenvalue weighted by Gasteiger charge is -2.08. The van der Waals surface area contributed by atoms with Crippen molar-refractivity contribution in [2.75, 3.05) is 0 Å². The van der Waals surface area contributed by atoms with Crippen LogP contribution in [0.1, 0.15) is 11.1 Å². The fourth-order valence-corrected chi connectivity index (χ4v) is 2.95. The lowest BCUT2D eigenvalue weighted by molar-refractivity contribution is 0.566. The quantitative estimate of drug-likeness (QED) is 0.914. The van der Waals surface area contributed by atoms with E-state index in [1.165, 1.54) is 0 Å². The molecule has 0 heterocycles. The normalized spacial score (nSPS) is 11.6. The first-order chi connectivity index (χ1) is 9.85. The molecule has 0 amide bonds. The summed E-state index contributed by atoms with van der Waals surface area (Å²) >= 11 is 5.71. The van der Waals surface area contributed by atoms with Crippen LogP contribution < -0.4 is 4.72 Å². The second-order valence-corrected chi connectivity index (χ2v) is 6.69. The molecule has 3 nitrogen and oxygen atoms in total. The van der Waals surface area contributed by atoms with E-state index in [2.05, 4.69) is 4.72 Å². The molecule has 0 aromatic heterocycles. The maximum atomic E-state index is 13.4. The summed E-state index contributed by atoms with van der Waals surface area (Å²) in [5.74, 6) is -1.55. The second-order valence-electron chi connectivity index (χ2n) is 4.44. The smallest absolute Gasteiger partial charge is 0.212 e. The van der Waals surface area contributed by atoms with Gasteiger partial charge in [-0.1, -0.05) is 23.7 Å². The Morgan fingerprint density at radius 1 is 1.05 bits per heavy atom. The molecule has 0 saturated carbocycles. The molecule has 0 spiro atoms. The topological polar surface area (TPSA) is 46.2 Å². The van der Waals surface area contributed by atoms with Gasteiger partial charge < -0.3 is 0 Å². The van der Waals surface area contributed by atoms with E-state index in [0.717, 1.165) is 18.2 Å². The largest absolute Gasteiger partial charge is 0.216 e. The Morgan fingerprint density at radius 2 is 1.71 bits per heavy atom. The Morgan fingerprint density at radius 3 is 2.38 bits per heavy atom. The maximum Gasteiger partial charge on any atom is 0.216 e. The van der Waals surface area contributed by atoms with Crippen LogP contribution in [0.3, 0.4) is 0 Å². The highest BCUT2D eigenvalue weighted by Crippen LogP contribution is 2.13. The molecule has 112 valence electrons. The van der Waals surface area contributed by atoms with Crippen LogP contribution in [0.4, 0.5) is 8.78 Å². The maximum absolute atomic E-state index is 13.4. The third-order valence-electron chi connectivity index (χ3n) is 2.76. The molecule has 0 fully saturated rings. The average Bonchev–Trinajstić information content (AvgIpc) is 2.42. The number of nitrogens with one attached hydrogen (secondary N) is 1. The van der Waals surface area contributed by atoms with Gasteiger partial charge in [-0.25, -0.2) is 21.9 Å². The van der Waals surface area contributed by atoms with E-state index < -0.39 is 21.7 Å². The van der Waals surface area contributed by atoms with Crippen LogP contribution in [-0.4, -0.2) is 8.42 Å². The van der Waals surface area contributed by atoms with E-state index in [1.807, 2.05) is 0 Å². The molecule has 1 N–H and O–H groups in total. The number of sulfonamides is 1. The van der Waals surface area contributed by atoms with Crippen LogP contribution in [0.25, 0.3) is 0 Å². The molecular formula is C14H12ClF2NO2S. The van der Waals surface area contributed by atoms with Crippen LogP contribution >= 0.6 is 11.6 Å². The predicted molar refractivity (Wildman–Crippen MR) is 77.3 cm³/mol. The molecule has 21 heavy (non-hydrogen) atoms. The molecule has 0 radical (unpaired) electrons. The van der Waals surface area contributed by atoms with E-state index in [-0.39, 0.29) is 17.9 Å². The summed E-state index contributed by atoms with van der Waals surface area (Å²) in [6, 6.07) is 9.23. The summed E-state index contributed by atoms with van der Waals surface area (Å²) in [7, 11) is -3.66. The molecule has 7 heteroatoms. The summed E-state index contributed by atoms with van der Waals surface area (Å²) in [4.78, 5) is 0. The lowest BCUT2D eigenvalue weighted by Crippen LogP contribution is -2.25. The Bertz CT molecular complexity index is 733. The third kappa shape index (κ3) is 4.77. The van der Waals surface area contributed by atoms with Gasteiger partial charge in [-0.05, 0) is 35.9 Å². The molecule has 0 saturated heterocycles. The minimum atomic E-state index is -3.66. The zero-order chi connectivity index (χ0) is 15.5. The van der Waals surface area contributed by atoms with Crippen LogP contribution in [0.5, 0.6) is 0 Å². The first-order valence-electron chi connectivity index (χ1n) is 6.01. The van der Waals surface area contributed by atoms with Crippen molar-refractivity contribution in [3.63, 3.8) is 0 Å². The second kappa shape index (κ2) is 6.51. The van der Waals surface area contributed by atoms with E-state index in [4.69, 9.17) is 11.6 Å². The highest BCUT2D eigenvalue weighted by Gasteiger charge is 2.13. The van der Waals surface area contributed by atoms with Gasteiger partial charge in [0, 0.05) is 17.1 Å². The van der Waals surface area contributed by atoms with Crippen molar-refractivity contribution in [2.45, 2.75) is 12.3 Å². The summed E-state index contributed by atoms with van der Waals surface area (Å²) in [5, 5.41) is 0.505. The predicted octanol–water partition coefficient (Wildman–Crippen LogP) is 3.24. The summed E-state index contributed by atoms with van der Waals surface area (Å²) in [5.41, 5.74) is 0.501. The molecule has 0 atom stereocenters. The average molecular weight is 332 g/mol. The molecule has 2 aromatic carbocycles. The highest BCUT2D eigenvalue weighted by atomic mass is 35.5. The van der Waals surface area contributed by atoms with E-state index >= 15 is 0 Å².